The highest BCUT2D eigenvalue weighted by molar-refractivity contribution is 5.41. The molecule has 1 fully saturated rings. The number of rotatable bonds is 7. The van der Waals surface area contributed by atoms with Gasteiger partial charge in [0.15, 0.2) is 0 Å². The summed E-state index contributed by atoms with van der Waals surface area (Å²) in [6, 6.07) is 7.90. The number of aryl methyl sites for hydroxylation is 1. The molecular formula is C23H33N. The van der Waals surface area contributed by atoms with E-state index in [1.807, 2.05) is 0 Å². The summed E-state index contributed by atoms with van der Waals surface area (Å²) < 4.78 is 0. The molecule has 1 heterocycles. The number of benzene rings is 1. The molecule has 1 nitrogen and oxygen atoms in total. The summed E-state index contributed by atoms with van der Waals surface area (Å²) >= 11 is 0. The Morgan fingerprint density at radius 3 is 2.75 bits per heavy atom. The topological polar surface area (TPSA) is 21.9 Å². The summed E-state index contributed by atoms with van der Waals surface area (Å²) in [7, 11) is 0. The number of nitrogens with one attached hydrogen (secondary N) is 1. The third-order valence-corrected chi connectivity index (χ3v) is 5.77. The molecule has 3 rings (SSSR count). The van der Waals surface area contributed by atoms with Crippen molar-refractivity contribution in [1.82, 2.24) is 5.32 Å². The van der Waals surface area contributed by atoms with Gasteiger partial charge in [-0.2, -0.15) is 0 Å². The van der Waals surface area contributed by atoms with Crippen LogP contribution in [0.4, 0.5) is 0 Å². The zero-order valence-corrected chi connectivity index (χ0v) is 15.7. The maximum absolute atomic E-state index is 4.28. The van der Waals surface area contributed by atoms with E-state index in [4.69, 9.17) is 0 Å². The molecule has 0 bridgehead atoms. The molecule has 0 spiro atoms. The molecule has 3 unspecified atom stereocenters. The normalized spacial score (nSPS) is 26.1. The molecule has 24 heavy (non-hydrogen) atoms. The van der Waals surface area contributed by atoms with Crippen LogP contribution in [-0.2, 0) is 6.42 Å². The van der Waals surface area contributed by atoms with Gasteiger partial charge in [-0.1, -0.05) is 61.8 Å². The van der Waals surface area contributed by atoms with Crippen LogP contribution in [0.1, 0.15) is 81.5 Å². The van der Waals surface area contributed by atoms with Crippen molar-refractivity contribution >= 4 is 0 Å². The molecular weight excluding hydrogens is 290 g/mol. The first-order valence-corrected chi connectivity index (χ1v) is 9.79. The van der Waals surface area contributed by atoms with Gasteiger partial charge >= 0.3 is 0 Å². The minimum Gasteiger partial charge on any atom is -0.307 e. The van der Waals surface area contributed by atoms with Gasteiger partial charge in [0.05, 0.1) is 0 Å². The fourth-order valence-corrected chi connectivity index (χ4v) is 4.17. The average Bonchev–Trinajstić information content (AvgIpc) is 3.40. The lowest BCUT2D eigenvalue weighted by Gasteiger charge is -2.31. The molecule has 1 aliphatic heterocycles. The van der Waals surface area contributed by atoms with Crippen LogP contribution in [0.5, 0.6) is 0 Å². The fourth-order valence-electron chi connectivity index (χ4n) is 4.17. The Morgan fingerprint density at radius 1 is 1.29 bits per heavy atom. The van der Waals surface area contributed by atoms with E-state index in [9.17, 15) is 0 Å². The van der Waals surface area contributed by atoms with E-state index in [0.717, 1.165) is 6.54 Å². The number of allylic oxidation sites excluding steroid dienone is 3. The Balaban J connectivity index is 1.88. The molecule has 1 N–H and O–H groups in total. The molecule has 1 aromatic rings. The number of unbranched alkanes of at least 4 members (excludes halogenated alkanes) is 2. The van der Waals surface area contributed by atoms with Gasteiger partial charge in [0.1, 0.15) is 0 Å². The zero-order valence-electron chi connectivity index (χ0n) is 15.7. The van der Waals surface area contributed by atoms with Crippen molar-refractivity contribution in [1.29, 1.82) is 0 Å². The van der Waals surface area contributed by atoms with Crippen LogP contribution in [0.25, 0.3) is 0 Å². The van der Waals surface area contributed by atoms with Gasteiger partial charge in [-0.3, -0.25) is 0 Å². The Morgan fingerprint density at radius 2 is 2.08 bits per heavy atom. The molecule has 1 aromatic carbocycles. The van der Waals surface area contributed by atoms with E-state index < -0.39 is 0 Å². The van der Waals surface area contributed by atoms with E-state index >= 15 is 0 Å². The molecule has 1 heteroatoms. The smallest absolute Gasteiger partial charge is 0.0450 e. The summed E-state index contributed by atoms with van der Waals surface area (Å²) in [5.74, 6) is 1.11. The number of hydrogen-bond acceptors (Lipinski definition) is 1. The lowest BCUT2D eigenvalue weighted by molar-refractivity contribution is 0.483. The summed E-state index contributed by atoms with van der Waals surface area (Å²) in [4.78, 5) is 0. The third-order valence-electron chi connectivity index (χ3n) is 5.77. The van der Waals surface area contributed by atoms with E-state index in [1.54, 1.807) is 11.1 Å². The summed E-state index contributed by atoms with van der Waals surface area (Å²) in [6.45, 7) is 12.2. The second kappa shape index (κ2) is 7.70. The van der Waals surface area contributed by atoms with Crippen molar-refractivity contribution in [3.05, 3.63) is 58.7 Å². The first kappa shape index (κ1) is 17.5. The van der Waals surface area contributed by atoms with Gasteiger partial charge in [0.2, 0.25) is 0 Å². The molecule has 3 atom stereocenters. The maximum atomic E-state index is 4.28. The molecule has 1 aliphatic carbocycles. The van der Waals surface area contributed by atoms with E-state index in [-0.39, 0.29) is 0 Å². The van der Waals surface area contributed by atoms with Crippen molar-refractivity contribution in [3.63, 3.8) is 0 Å². The molecule has 0 aromatic heterocycles. The van der Waals surface area contributed by atoms with Crippen LogP contribution in [0.3, 0.4) is 0 Å². The third kappa shape index (κ3) is 4.00. The molecule has 130 valence electrons. The fraction of sp³-hybridized carbons (Fsp3) is 0.565. The minimum atomic E-state index is 0.512. The highest BCUT2D eigenvalue weighted by Crippen LogP contribution is 2.41. The van der Waals surface area contributed by atoms with Crippen LogP contribution in [0, 0.1) is 5.92 Å². The van der Waals surface area contributed by atoms with Crippen molar-refractivity contribution in [2.24, 2.45) is 5.92 Å². The Bertz CT molecular complexity index is 621. The van der Waals surface area contributed by atoms with Crippen LogP contribution in [-0.4, -0.2) is 6.54 Å². The highest BCUT2D eigenvalue weighted by atomic mass is 15.1. The second-order valence-corrected chi connectivity index (χ2v) is 7.91. The van der Waals surface area contributed by atoms with Crippen molar-refractivity contribution < 1.29 is 0 Å². The van der Waals surface area contributed by atoms with Gasteiger partial charge in [0, 0.05) is 18.5 Å². The molecule has 0 radical (unpaired) electrons. The predicted molar refractivity (Wildman–Crippen MR) is 104 cm³/mol. The van der Waals surface area contributed by atoms with Crippen molar-refractivity contribution in [3.8, 4) is 0 Å². The second-order valence-electron chi connectivity index (χ2n) is 7.91. The van der Waals surface area contributed by atoms with Gasteiger partial charge < -0.3 is 5.32 Å². The van der Waals surface area contributed by atoms with Crippen molar-refractivity contribution in [2.75, 3.05) is 6.54 Å². The first-order valence-electron chi connectivity index (χ1n) is 9.79. The highest BCUT2D eigenvalue weighted by Gasteiger charge is 2.29. The largest absolute Gasteiger partial charge is 0.307 e. The van der Waals surface area contributed by atoms with Crippen LogP contribution >= 0.6 is 0 Å². The SMILES string of the molecule is C=C(C)C1CCC(C)=CC1c1ccc(CCCCC)c(C2CN2)c1. The van der Waals surface area contributed by atoms with Crippen molar-refractivity contribution in [2.45, 2.75) is 71.3 Å². The predicted octanol–water partition coefficient (Wildman–Crippen LogP) is 6.08. The monoisotopic (exact) mass is 323 g/mol. The quantitative estimate of drug-likeness (QED) is 0.366. The van der Waals surface area contributed by atoms with E-state index in [0.29, 0.717) is 17.9 Å². The first-order chi connectivity index (χ1) is 11.6. The van der Waals surface area contributed by atoms with E-state index in [2.05, 4.69) is 56.9 Å². The maximum Gasteiger partial charge on any atom is 0.0450 e. The lowest BCUT2D eigenvalue weighted by atomic mass is 9.74. The van der Waals surface area contributed by atoms with Crippen LogP contribution < -0.4 is 5.32 Å². The Kier molecular flexibility index (Phi) is 5.61. The minimum absolute atomic E-state index is 0.512. The van der Waals surface area contributed by atoms with E-state index in [1.165, 1.54) is 55.2 Å². The molecule has 2 aliphatic rings. The Labute approximate surface area is 148 Å². The van der Waals surface area contributed by atoms with Gasteiger partial charge in [-0.15, -0.1) is 0 Å². The van der Waals surface area contributed by atoms with Gasteiger partial charge in [-0.25, -0.2) is 0 Å². The zero-order chi connectivity index (χ0) is 17.1. The number of hydrogen-bond donors (Lipinski definition) is 1. The van der Waals surface area contributed by atoms with Crippen LogP contribution in [0.2, 0.25) is 0 Å². The Hall–Kier alpha value is -1.34. The van der Waals surface area contributed by atoms with Crippen LogP contribution in [0.15, 0.2) is 42.0 Å². The standard InChI is InChI=1S/C23H33N/c1-5-6-7-8-18-10-11-19(14-22(18)23-15-24-23)21-13-17(4)9-12-20(21)16(2)3/h10-11,13-14,20-21,23-24H,2,5-9,12,15H2,1,3-4H3. The molecule has 1 saturated heterocycles. The lowest BCUT2D eigenvalue weighted by Crippen LogP contribution is -2.17. The summed E-state index contributed by atoms with van der Waals surface area (Å²) in [5, 5.41) is 3.52. The average molecular weight is 324 g/mol. The summed E-state index contributed by atoms with van der Waals surface area (Å²) in [6.07, 6.45) is 10.1. The van der Waals surface area contributed by atoms with Gasteiger partial charge in [-0.05, 0) is 62.1 Å². The summed E-state index contributed by atoms with van der Waals surface area (Å²) in [5.41, 5.74) is 7.48. The molecule has 0 amide bonds. The molecule has 0 saturated carbocycles. The van der Waals surface area contributed by atoms with Gasteiger partial charge in [0.25, 0.3) is 0 Å².